The monoisotopic (exact) mass is 1070 g/mol. The van der Waals surface area contributed by atoms with Crippen LogP contribution in [-0.4, -0.2) is 46.1 Å². The highest BCUT2D eigenvalue weighted by Gasteiger charge is 2.26. The molecule has 0 rings (SSSR count). The van der Waals surface area contributed by atoms with Gasteiger partial charge in [0, 0.05) is 6.42 Å². The lowest BCUT2D eigenvalue weighted by Crippen LogP contribution is -2.50. The summed E-state index contributed by atoms with van der Waals surface area (Å²) in [6.45, 7) is 4.23. The Kier molecular flexibility index (Phi) is 65.8. The van der Waals surface area contributed by atoms with E-state index in [4.69, 9.17) is 0 Å². The van der Waals surface area contributed by atoms with Crippen molar-refractivity contribution in [2.75, 3.05) is 6.61 Å². The highest BCUT2D eigenvalue weighted by Crippen LogP contribution is 2.20. The van der Waals surface area contributed by atoms with Crippen LogP contribution in [-0.2, 0) is 4.79 Å². The topological polar surface area (TPSA) is 89.8 Å². The van der Waals surface area contributed by atoms with Gasteiger partial charge in [0.15, 0.2) is 0 Å². The zero-order chi connectivity index (χ0) is 55.0. The van der Waals surface area contributed by atoms with Crippen LogP contribution in [0.15, 0.2) is 12.2 Å². The normalized spacial score (nSPS) is 13.1. The SMILES string of the molecule is CCCCCCCCCCCCCCCCCCCC/C=C/CCCC(O)C(O)C(CO)NC(=O)CCCCCCCCCCCCCCCCCCCCCCCCCCCCCCCCCCCCCCCCC. The summed E-state index contributed by atoms with van der Waals surface area (Å²) in [5.74, 6) is -0.144. The van der Waals surface area contributed by atoms with Gasteiger partial charge >= 0.3 is 0 Å². The van der Waals surface area contributed by atoms with E-state index in [0.717, 1.165) is 38.5 Å². The zero-order valence-corrected chi connectivity index (χ0v) is 52.2. The molecule has 5 heteroatoms. The summed E-state index contributed by atoms with van der Waals surface area (Å²) in [6.07, 6.45) is 85.9. The van der Waals surface area contributed by atoms with Crippen molar-refractivity contribution in [1.29, 1.82) is 0 Å². The molecule has 454 valence electrons. The van der Waals surface area contributed by atoms with Crippen LogP contribution in [0.25, 0.3) is 0 Å². The molecule has 1 amide bonds. The molecule has 0 saturated heterocycles. The lowest BCUT2D eigenvalue weighted by atomic mass is 10.0. The fourth-order valence-electron chi connectivity index (χ4n) is 11.7. The average molecular weight is 1070 g/mol. The van der Waals surface area contributed by atoms with Crippen molar-refractivity contribution >= 4 is 5.91 Å². The van der Waals surface area contributed by atoms with Crippen molar-refractivity contribution in [1.82, 2.24) is 5.32 Å². The number of amides is 1. The van der Waals surface area contributed by atoms with E-state index in [-0.39, 0.29) is 12.5 Å². The first kappa shape index (κ1) is 75.1. The predicted molar refractivity (Wildman–Crippen MR) is 338 cm³/mol. The maximum Gasteiger partial charge on any atom is 0.220 e. The van der Waals surface area contributed by atoms with Gasteiger partial charge in [-0.3, -0.25) is 4.79 Å². The Bertz CT molecular complexity index is 1100. The molecular formula is C71H141NO4. The lowest BCUT2D eigenvalue weighted by Gasteiger charge is -2.26. The molecule has 0 fully saturated rings. The fraction of sp³-hybridized carbons (Fsp3) is 0.958. The van der Waals surface area contributed by atoms with Crippen LogP contribution in [0.1, 0.15) is 412 Å². The first-order chi connectivity index (χ1) is 37.6. The fourth-order valence-corrected chi connectivity index (χ4v) is 11.7. The van der Waals surface area contributed by atoms with Crippen LogP contribution in [0, 0.1) is 0 Å². The summed E-state index contributed by atoms with van der Waals surface area (Å²) in [5.41, 5.74) is 0. The van der Waals surface area contributed by atoms with Gasteiger partial charge in [0.05, 0.1) is 18.8 Å². The third-order valence-corrected chi connectivity index (χ3v) is 17.1. The van der Waals surface area contributed by atoms with Gasteiger partial charge in [-0.1, -0.05) is 379 Å². The average Bonchev–Trinajstić information content (AvgIpc) is 3.42. The van der Waals surface area contributed by atoms with Gasteiger partial charge in [0.25, 0.3) is 0 Å². The second kappa shape index (κ2) is 66.6. The van der Waals surface area contributed by atoms with Gasteiger partial charge in [0.2, 0.25) is 5.91 Å². The minimum absolute atomic E-state index is 0.144. The molecule has 0 aliphatic rings. The van der Waals surface area contributed by atoms with Gasteiger partial charge in [-0.05, 0) is 38.5 Å². The van der Waals surface area contributed by atoms with Crippen molar-refractivity contribution in [2.24, 2.45) is 0 Å². The van der Waals surface area contributed by atoms with Crippen molar-refractivity contribution in [2.45, 2.75) is 430 Å². The van der Waals surface area contributed by atoms with Gasteiger partial charge < -0.3 is 20.6 Å². The number of aliphatic hydroxyl groups excluding tert-OH is 3. The predicted octanol–water partition coefficient (Wildman–Crippen LogP) is 23.0. The Morgan fingerprint density at radius 3 is 0.763 bits per heavy atom. The Morgan fingerprint density at radius 1 is 0.316 bits per heavy atom. The van der Waals surface area contributed by atoms with E-state index < -0.39 is 18.2 Å². The smallest absolute Gasteiger partial charge is 0.220 e. The maximum absolute atomic E-state index is 12.6. The van der Waals surface area contributed by atoms with E-state index in [1.54, 1.807) is 0 Å². The van der Waals surface area contributed by atoms with Crippen LogP contribution in [0.4, 0.5) is 0 Å². The molecule has 4 N–H and O–H groups in total. The van der Waals surface area contributed by atoms with Crippen LogP contribution in [0.3, 0.4) is 0 Å². The van der Waals surface area contributed by atoms with E-state index >= 15 is 0 Å². The summed E-state index contributed by atoms with van der Waals surface area (Å²) in [5, 5.41) is 33.9. The van der Waals surface area contributed by atoms with E-state index in [1.807, 2.05) is 0 Å². The molecule has 0 bridgehead atoms. The largest absolute Gasteiger partial charge is 0.394 e. The first-order valence-corrected chi connectivity index (χ1v) is 35.5. The number of carbonyl (C=O) groups excluding carboxylic acids is 1. The Hall–Kier alpha value is -0.910. The number of carbonyl (C=O) groups is 1. The third kappa shape index (κ3) is 60.7. The standard InChI is InChI=1S/C71H141NO4/c1-3-5-7-9-11-13-15-17-19-21-23-25-27-28-29-30-31-32-33-34-35-36-37-38-39-40-41-42-44-46-48-50-52-54-56-58-60-62-64-66-70(75)72-68(67-73)71(76)69(74)65-63-61-59-57-55-53-51-49-47-45-43-26-24-22-20-18-16-14-12-10-8-6-4-2/h57,59,68-69,71,73-74,76H,3-56,58,60-67H2,1-2H3,(H,72,75)/b59-57+. The number of hydrogen-bond donors (Lipinski definition) is 4. The molecule has 0 saturated carbocycles. The number of aliphatic hydroxyl groups is 3. The minimum Gasteiger partial charge on any atom is -0.394 e. The molecule has 0 aromatic carbocycles. The van der Waals surface area contributed by atoms with Crippen LogP contribution >= 0.6 is 0 Å². The number of hydrogen-bond acceptors (Lipinski definition) is 4. The van der Waals surface area contributed by atoms with Crippen molar-refractivity contribution in [3.05, 3.63) is 12.2 Å². The molecule has 0 spiro atoms. The van der Waals surface area contributed by atoms with E-state index in [0.29, 0.717) is 12.8 Å². The maximum atomic E-state index is 12.6. The van der Waals surface area contributed by atoms with Crippen LogP contribution < -0.4 is 5.32 Å². The summed E-state index contributed by atoms with van der Waals surface area (Å²) >= 11 is 0. The number of allylic oxidation sites excluding steroid dienone is 2. The molecular weight excluding hydrogens is 931 g/mol. The summed E-state index contributed by atoms with van der Waals surface area (Å²) in [7, 11) is 0. The zero-order valence-electron chi connectivity index (χ0n) is 52.2. The highest BCUT2D eigenvalue weighted by molar-refractivity contribution is 5.76. The van der Waals surface area contributed by atoms with Crippen LogP contribution in [0.2, 0.25) is 0 Å². The Balaban J connectivity index is 3.43. The number of nitrogens with one attached hydrogen (secondary N) is 1. The summed E-state index contributed by atoms with van der Waals surface area (Å²) in [6, 6.07) is -0.824. The number of unbranched alkanes of at least 4 members (excludes halogenated alkanes) is 57. The van der Waals surface area contributed by atoms with E-state index in [1.165, 1.54) is 347 Å². The minimum atomic E-state index is -1.16. The van der Waals surface area contributed by atoms with Crippen LogP contribution in [0.5, 0.6) is 0 Å². The Labute approximate surface area is 478 Å². The molecule has 3 atom stereocenters. The molecule has 3 unspecified atom stereocenters. The molecule has 0 radical (unpaired) electrons. The number of rotatable bonds is 67. The van der Waals surface area contributed by atoms with E-state index in [9.17, 15) is 20.1 Å². The summed E-state index contributed by atoms with van der Waals surface area (Å²) < 4.78 is 0. The van der Waals surface area contributed by atoms with Gasteiger partial charge in [-0.25, -0.2) is 0 Å². The van der Waals surface area contributed by atoms with Crippen molar-refractivity contribution in [3.63, 3.8) is 0 Å². The molecule has 0 heterocycles. The quantitative estimate of drug-likeness (QED) is 0.0361. The lowest BCUT2D eigenvalue weighted by molar-refractivity contribution is -0.124. The van der Waals surface area contributed by atoms with Crippen molar-refractivity contribution < 1.29 is 20.1 Å². The molecule has 0 aromatic rings. The van der Waals surface area contributed by atoms with Gasteiger partial charge in [-0.15, -0.1) is 0 Å². The van der Waals surface area contributed by atoms with Gasteiger partial charge in [0.1, 0.15) is 6.10 Å². The first-order valence-electron chi connectivity index (χ1n) is 35.5. The van der Waals surface area contributed by atoms with Gasteiger partial charge in [-0.2, -0.15) is 0 Å². The van der Waals surface area contributed by atoms with E-state index in [2.05, 4.69) is 31.3 Å². The highest BCUT2D eigenvalue weighted by atomic mass is 16.3. The molecule has 0 aliphatic carbocycles. The third-order valence-electron chi connectivity index (χ3n) is 17.1. The Morgan fingerprint density at radius 2 is 0.526 bits per heavy atom. The summed E-state index contributed by atoms with van der Waals surface area (Å²) in [4.78, 5) is 12.6. The molecule has 0 aliphatic heterocycles. The molecule has 0 aromatic heterocycles. The molecule has 5 nitrogen and oxygen atoms in total. The second-order valence-corrected chi connectivity index (χ2v) is 24.8. The second-order valence-electron chi connectivity index (χ2n) is 24.8. The van der Waals surface area contributed by atoms with Crippen molar-refractivity contribution in [3.8, 4) is 0 Å². The molecule has 76 heavy (non-hydrogen) atoms.